The van der Waals surface area contributed by atoms with Gasteiger partial charge in [-0.3, -0.25) is 14.9 Å². The fourth-order valence-corrected chi connectivity index (χ4v) is 3.18. The standard InChI is InChI=1S/C19H38N2O2/c1-11-17(5,6)15(23)19(9,10)20-12-14(22)21-18(7,8)13-16(2,3)4/h20H,11-13H2,1-10H3,(H,21,22). The second-order valence-corrected chi connectivity index (χ2v) is 9.71. The Morgan fingerprint density at radius 2 is 1.35 bits per heavy atom. The predicted molar refractivity (Wildman–Crippen MR) is 97.5 cm³/mol. The van der Waals surface area contributed by atoms with E-state index in [0.717, 1.165) is 12.8 Å². The summed E-state index contributed by atoms with van der Waals surface area (Å²) in [7, 11) is 0. The Labute approximate surface area is 143 Å². The molecule has 2 N–H and O–H groups in total. The lowest BCUT2D eigenvalue weighted by atomic mass is 9.76. The Balaban J connectivity index is 4.68. The van der Waals surface area contributed by atoms with Crippen molar-refractivity contribution >= 4 is 11.7 Å². The van der Waals surface area contributed by atoms with E-state index < -0.39 is 11.0 Å². The predicted octanol–water partition coefficient (Wildman–Crippen LogP) is 3.69. The first kappa shape index (κ1) is 22.1. The SMILES string of the molecule is CCC(C)(C)C(=O)C(C)(C)NCC(=O)NC(C)(C)CC(C)(C)C. The summed E-state index contributed by atoms with van der Waals surface area (Å²) in [6.45, 7) is 20.3. The van der Waals surface area contributed by atoms with Gasteiger partial charge in [0.2, 0.25) is 5.91 Å². The molecule has 0 aromatic carbocycles. The van der Waals surface area contributed by atoms with E-state index in [9.17, 15) is 9.59 Å². The summed E-state index contributed by atoms with van der Waals surface area (Å²) >= 11 is 0. The van der Waals surface area contributed by atoms with Gasteiger partial charge < -0.3 is 5.32 Å². The Morgan fingerprint density at radius 3 is 1.74 bits per heavy atom. The minimum Gasteiger partial charge on any atom is -0.350 e. The molecule has 0 aliphatic rings. The van der Waals surface area contributed by atoms with Gasteiger partial charge in [-0.25, -0.2) is 0 Å². The smallest absolute Gasteiger partial charge is 0.234 e. The van der Waals surface area contributed by atoms with Gasteiger partial charge in [0.05, 0.1) is 12.1 Å². The fraction of sp³-hybridized carbons (Fsp3) is 0.895. The highest BCUT2D eigenvalue weighted by atomic mass is 16.2. The van der Waals surface area contributed by atoms with Crippen LogP contribution < -0.4 is 10.6 Å². The highest BCUT2D eigenvalue weighted by Crippen LogP contribution is 2.28. The van der Waals surface area contributed by atoms with E-state index in [1.54, 1.807) is 0 Å². The molecule has 0 spiro atoms. The normalized spacial score (nSPS) is 13.8. The van der Waals surface area contributed by atoms with Crippen molar-refractivity contribution in [3.63, 3.8) is 0 Å². The van der Waals surface area contributed by atoms with Crippen molar-refractivity contribution in [2.24, 2.45) is 10.8 Å². The van der Waals surface area contributed by atoms with Gasteiger partial charge >= 0.3 is 0 Å². The van der Waals surface area contributed by atoms with Crippen LogP contribution in [0.15, 0.2) is 0 Å². The van der Waals surface area contributed by atoms with E-state index >= 15 is 0 Å². The van der Waals surface area contributed by atoms with E-state index in [4.69, 9.17) is 0 Å². The van der Waals surface area contributed by atoms with Crippen molar-refractivity contribution in [1.82, 2.24) is 10.6 Å². The minimum atomic E-state index is -0.717. The van der Waals surface area contributed by atoms with Gasteiger partial charge in [0.1, 0.15) is 0 Å². The van der Waals surface area contributed by atoms with E-state index in [-0.39, 0.29) is 29.2 Å². The molecule has 0 aliphatic heterocycles. The van der Waals surface area contributed by atoms with E-state index in [0.29, 0.717) is 0 Å². The van der Waals surface area contributed by atoms with Crippen LogP contribution >= 0.6 is 0 Å². The number of ketones is 1. The molecule has 0 bridgehead atoms. The zero-order chi connectivity index (χ0) is 18.7. The Hall–Kier alpha value is -0.900. The first-order valence-corrected chi connectivity index (χ1v) is 8.63. The molecule has 0 rings (SSSR count). The summed E-state index contributed by atoms with van der Waals surface area (Å²) in [5.41, 5.74) is -1.23. The maximum Gasteiger partial charge on any atom is 0.234 e. The Kier molecular flexibility index (Phi) is 7.04. The summed E-state index contributed by atoms with van der Waals surface area (Å²) in [5.74, 6) is 0.0590. The lowest BCUT2D eigenvalue weighted by molar-refractivity contribution is -0.133. The summed E-state index contributed by atoms with van der Waals surface area (Å²) in [6.07, 6.45) is 1.67. The van der Waals surface area contributed by atoms with Gasteiger partial charge in [0.15, 0.2) is 5.78 Å². The second-order valence-electron chi connectivity index (χ2n) is 9.71. The molecule has 0 radical (unpaired) electrons. The van der Waals surface area contributed by atoms with Gasteiger partial charge in [0.25, 0.3) is 0 Å². The lowest BCUT2D eigenvalue weighted by Crippen LogP contribution is -2.56. The number of rotatable bonds is 8. The molecule has 0 atom stereocenters. The highest BCUT2D eigenvalue weighted by molar-refractivity contribution is 5.92. The maximum absolute atomic E-state index is 12.6. The van der Waals surface area contributed by atoms with E-state index in [1.807, 2.05) is 48.5 Å². The van der Waals surface area contributed by atoms with E-state index in [1.165, 1.54) is 0 Å². The van der Waals surface area contributed by atoms with Crippen LogP contribution in [0.5, 0.6) is 0 Å². The van der Waals surface area contributed by atoms with Crippen molar-refractivity contribution in [1.29, 1.82) is 0 Å². The molecular formula is C19H38N2O2. The first-order chi connectivity index (χ1) is 10.0. The van der Waals surface area contributed by atoms with Crippen LogP contribution in [0.4, 0.5) is 0 Å². The van der Waals surface area contributed by atoms with Gasteiger partial charge in [-0.2, -0.15) is 0 Å². The molecule has 1 amide bonds. The van der Waals surface area contributed by atoms with Crippen molar-refractivity contribution in [3.05, 3.63) is 0 Å². The van der Waals surface area contributed by atoms with Crippen LogP contribution in [0, 0.1) is 10.8 Å². The highest BCUT2D eigenvalue weighted by Gasteiger charge is 2.38. The summed E-state index contributed by atoms with van der Waals surface area (Å²) < 4.78 is 0. The largest absolute Gasteiger partial charge is 0.350 e. The summed E-state index contributed by atoms with van der Waals surface area (Å²) in [5, 5.41) is 6.19. The van der Waals surface area contributed by atoms with Crippen LogP contribution in [-0.4, -0.2) is 29.3 Å². The van der Waals surface area contributed by atoms with Crippen molar-refractivity contribution < 1.29 is 9.59 Å². The molecule has 0 heterocycles. The quantitative estimate of drug-likeness (QED) is 0.715. The topological polar surface area (TPSA) is 58.2 Å². The molecule has 0 aliphatic carbocycles. The third-order valence-corrected chi connectivity index (χ3v) is 4.21. The Bertz CT molecular complexity index is 429. The first-order valence-electron chi connectivity index (χ1n) is 8.63. The zero-order valence-electron chi connectivity index (χ0n) is 16.9. The average Bonchev–Trinajstić information content (AvgIpc) is 2.32. The third kappa shape index (κ3) is 7.96. The maximum atomic E-state index is 12.6. The number of hydrogen-bond acceptors (Lipinski definition) is 3. The molecule has 4 heteroatoms. The van der Waals surface area contributed by atoms with Gasteiger partial charge in [-0.05, 0) is 46.0 Å². The monoisotopic (exact) mass is 326 g/mol. The molecule has 4 nitrogen and oxygen atoms in total. The number of nitrogens with one attached hydrogen (secondary N) is 2. The molecule has 0 saturated heterocycles. The fourth-order valence-electron chi connectivity index (χ4n) is 3.18. The molecule has 0 aromatic rings. The van der Waals surface area contributed by atoms with Crippen molar-refractivity contribution in [2.45, 2.75) is 93.2 Å². The van der Waals surface area contributed by atoms with Gasteiger partial charge in [-0.15, -0.1) is 0 Å². The lowest BCUT2D eigenvalue weighted by Gasteiger charge is -2.35. The second kappa shape index (κ2) is 7.33. The molecule has 23 heavy (non-hydrogen) atoms. The van der Waals surface area contributed by atoms with Crippen LogP contribution in [0.25, 0.3) is 0 Å². The number of carbonyl (C=O) groups is 2. The van der Waals surface area contributed by atoms with Crippen molar-refractivity contribution in [3.8, 4) is 0 Å². The van der Waals surface area contributed by atoms with Crippen LogP contribution in [0.3, 0.4) is 0 Å². The summed E-state index contributed by atoms with van der Waals surface area (Å²) in [4.78, 5) is 24.9. The van der Waals surface area contributed by atoms with Crippen LogP contribution in [0.2, 0.25) is 0 Å². The molecular weight excluding hydrogens is 288 g/mol. The zero-order valence-corrected chi connectivity index (χ0v) is 16.9. The molecule has 0 unspecified atom stereocenters. The van der Waals surface area contributed by atoms with Crippen LogP contribution in [0.1, 0.15) is 82.1 Å². The number of hydrogen-bond donors (Lipinski definition) is 2. The number of carbonyl (C=O) groups excluding carboxylic acids is 2. The van der Waals surface area contributed by atoms with Crippen molar-refractivity contribution in [2.75, 3.05) is 6.54 Å². The molecule has 0 aromatic heterocycles. The Morgan fingerprint density at radius 1 is 0.870 bits per heavy atom. The van der Waals surface area contributed by atoms with E-state index in [2.05, 4.69) is 31.4 Å². The van der Waals surface area contributed by atoms with Gasteiger partial charge in [0, 0.05) is 11.0 Å². The summed E-state index contributed by atoms with van der Waals surface area (Å²) in [6, 6.07) is 0. The van der Waals surface area contributed by atoms with Crippen LogP contribution in [-0.2, 0) is 9.59 Å². The number of amides is 1. The molecule has 0 fully saturated rings. The third-order valence-electron chi connectivity index (χ3n) is 4.21. The molecule has 136 valence electrons. The minimum absolute atomic E-state index is 0.0746. The van der Waals surface area contributed by atoms with Gasteiger partial charge in [-0.1, -0.05) is 41.5 Å². The number of Topliss-reactive ketones (excluding diaryl/α,β-unsaturated/α-hetero) is 1. The average molecular weight is 327 g/mol. The molecule has 0 saturated carbocycles.